The molecule has 2 unspecified atom stereocenters. The summed E-state index contributed by atoms with van der Waals surface area (Å²) in [5, 5.41) is 19.6. The van der Waals surface area contributed by atoms with Crippen molar-refractivity contribution < 1.29 is 24.2 Å². The SMILES string of the molecule is O=C(CNCCC(O)C(Cc1ccccc1)NC(=O)c1ccccc1)OC(=O)[C@@H]1CCCN1. The van der Waals surface area contributed by atoms with E-state index < -0.39 is 30.1 Å². The molecular formula is C25H31N3O5. The zero-order valence-electron chi connectivity index (χ0n) is 18.5. The number of ether oxygens (including phenoxy) is 1. The molecule has 1 aliphatic heterocycles. The predicted molar refractivity (Wildman–Crippen MR) is 123 cm³/mol. The van der Waals surface area contributed by atoms with Gasteiger partial charge >= 0.3 is 11.9 Å². The number of carbonyl (C=O) groups excluding carboxylic acids is 3. The molecule has 2 aromatic carbocycles. The van der Waals surface area contributed by atoms with Crippen molar-refractivity contribution in [3.63, 3.8) is 0 Å². The lowest BCUT2D eigenvalue weighted by Crippen LogP contribution is -2.46. The second kappa shape index (κ2) is 12.8. The van der Waals surface area contributed by atoms with E-state index in [0.29, 0.717) is 31.4 Å². The van der Waals surface area contributed by atoms with Gasteiger partial charge < -0.3 is 25.8 Å². The maximum atomic E-state index is 12.6. The molecule has 3 atom stereocenters. The molecule has 0 spiro atoms. The van der Waals surface area contributed by atoms with Gasteiger partial charge in [-0.1, -0.05) is 48.5 Å². The molecule has 0 bridgehead atoms. The van der Waals surface area contributed by atoms with Crippen LogP contribution in [0.1, 0.15) is 35.2 Å². The number of nitrogens with one attached hydrogen (secondary N) is 3. The van der Waals surface area contributed by atoms with Crippen LogP contribution in [0.25, 0.3) is 0 Å². The van der Waals surface area contributed by atoms with Gasteiger partial charge in [-0.05, 0) is 56.5 Å². The molecule has 0 radical (unpaired) electrons. The highest BCUT2D eigenvalue weighted by Crippen LogP contribution is 2.10. The number of rotatable bonds is 11. The smallest absolute Gasteiger partial charge is 0.330 e. The molecule has 1 fully saturated rings. The first-order chi connectivity index (χ1) is 16.0. The third kappa shape index (κ3) is 8.09. The monoisotopic (exact) mass is 453 g/mol. The summed E-state index contributed by atoms with van der Waals surface area (Å²) in [5.41, 5.74) is 1.51. The van der Waals surface area contributed by atoms with Crippen molar-refractivity contribution in [3.8, 4) is 0 Å². The summed E-state index contributed by atoms with van der Waals surface area (Å²) >= 11 is 0. The van der Waals surface area contributed by atoms with E-state index in [2.05, 4.69) is 16.0 Å². The Balaban J connectivity index is 1.48. The van der Waals surface area contributed by atoms with E-state index in [1.165, 1.54) is 0 Å². The average molecular weight is 454 g/mol. The third-order valence-electron chi connectivity index (χ3n) is 5.56. The van der Waals surface area contributed by atoms with E-state index in [9.17, 15) is 19.5 Å². The van der Waals surface area contributed by atoms with Gasteiger partial charge in [0.2, 0.25) is 0 Å². The molecule has 3 rings (SSSR count). The highest BCUT2D eigenvalue weighted by Gasteiger charge is 2.26. The van der Waals surface area contributed by atoms with Gasteiger partial charge in [-0.3, -0.25) is 9.59 Å². The minimum absolute atomic E-state index is 0.134. The Hall–Kier alpha value is -3.07. The Bertz CT molecular complexity index is 901. The summed E-state index contributed by atoms with van der Waals surface area (Å²) in [4.78, 5) is 36.4. The second-order valence-electron chi connectivity index (χ2n) is 8.11. The number of aliphatic hydroxyl groups excluding tert-OH is 1. The van der Waals surface area contributed by atoms with E-state index in [4.69, 9.17) is 4.74 Å². The van der Waals surface area contributed by atoms with Crippen LogP contribution in [0.2, 0.25) is 0 Å². The van der Waals surface area contributed by atoms with E-state index >= 15 is 0 Å². The van der Waals surface area contributed by atoms with E-state index in [1.807, 2.05) is 36.4 Å². The normalized spacial score (nSPS) is 17.2. The summed E-state index contributed by atoms with van der Waals surface area (Å²) in [6.45, 7) is 0.929. The van der Waals surface area contributed by atoms with Crippen LogP contribution in [0.15, 0.2) is 60.7 Å². The lowest BCUT2D eigenvalue weighted by molar-refractivity contribution is -0.160. The topological polar surface area (TPSA) is 117 Å². The first-order valence-electron chi connectivity index (χ1n) is 11.3. The van der Waals surface area contributed by atoms with Gasteiger partial charge in [0.15, 0.2) is 0 Å². The molecule has 1 heterocycles. The summed E-state index contributed by atoms with van der Waals surface area (Å²) < 4.78 is 4.85. The molecule has 1 saturated heterocycles. The lowest BCUT2D eigenvalue weighted by Gasteiger charge is -2.25. The van der Waals surface area contributed by atoms with Crippen LogP contribution < -0.4 is 16.0 Å². The minimum atomic E-state index is -0.842. The number of carbonyl (C=O) groups is 3. The largest absolute Gasteiger partial charge is 0.391 e. The zero-order chi connectivity index (χ0) is 23.5. The molecular weight excluding hydrogens is 422 g/mol. The van der Waals surface area contributed by atoms with Crippen molar-refractivity contribution in [3.05, 3.63) is 71.8 Å². The Morgan fingerprint density at radius 3 is 2.42 bits per heavy atom. The Labute approximate surface area is 193 Å². The van der Waals surface area contributed by atoms with Crippen LogP contribution in [0, 0.1) is 0 Å². The van der Waals surface area contributed by atoms with Gasteiger partial charge in [-0.15, -0.1) is 0 Å². The van der Waals surface area contributed by atoms with Crippen molar-refractivity contribution in [2.45, 2.75) is 43.9 Å². The van der Waals surface area contributed by atoms with Gasteiger partial charge in [-0.25, -0.2) is 4.79 Å². The number of amides is 1. The van der Waals surface area contributed by atoms with Crippen LogP contribution >= 0.6 is 0 Å². The van der Waals surface area contributed by atoms with Crippen molar-refractivity contribution in [2.24, 2.45) is 0 Å². The number of benzene rings is 2. The minimum Gasteiger partial charge on any atom is -0.391 e. The zero-order valence-corrected chi connectivity index (χ0v) is 18.5. The van der Waals surface area contributed by atoms with Gasteiger partial charge in [0.05, 0.1) is 18.7 Å². The van der Waals surface area contributed by atoms with Crippen molar-refractivity contribution in [1.29, 1.82) is 0 Å². The molecule has 176 valence electrons. The maximum absolute atomic E-state index is 12.6. The fraction of sp³-hybridized carbons (Fsp3) is 0.400. The molecule has 8 heteroatoms. The number of hydrogen-bond donors (Lipinski definition) is 4. The summed E-state index contributed by atoms with van der Waals surface area (Å²) in [6.07, 6.45) is 1.48. The average Bonchev–Trinajstić information content (AvgIpc) is 3.38. The van der Waals surface area contributed by atoms with Crippen LogP contribution in [-0.4, -0.2) is 60.8 Å². The molecule has 4 N–H and O–H groups in total. The summed E-state index contributed by atoms with van der Waals surface area (Å²) in [6, 6.07) is 17.5. The van der Waals surface area contributed by atoms with E-state index in [0.717, 1.165) is 18.5 Å². The lowest BCUT2D eigenvalue weighted by atomic mass is 9.98. The molecule has 0 aromatic heterocycles. The van der Waals surface area contributed by atoms with Crippen LogP contribution in [0.4, 0.5) is 0 Å². The van der Waals surface area contributed by atoms with Gasteiger partial charge in [0.1, 0.15) is 6.04 Å². The summed E-state index contributed by atoms with van der Waals surface area (Å²) in [5.74, 6) is -1.46. The first kappa shape index (κ1) is 24.6. The fourth-order valence-electron chi connectivity index (χ4n) is 3.74. The Morgan fingerprint density at radius 2 is 1.76 bits per heavy atom. The van der Waals surface area contributed by atoms with Gasteiger partial charge in [0, 0.05) is 5.56 Å². The Morgan fingerprint density at radius 1 is 1.06 bits per heavy atom. The highest BCUT2D eigenvalue weighted by atomic mass is 16.6. The van der Waals surface area contributed by atoms with Crippen LogP contribution in [-0.2, 0) is 20.7 Å². The van der Waals surface area contributed by atoms with Crippen molar-refractivity contribution in [2.75, 3.05) is 19.6 Å². The van der Waals surface area contributed by atoms with Crippen molar-refractivity contribution >= 4 is 17.8 Å². The summed E-state index contributed by atoms with van der Waals surface area (Å²) in [7, 11) is 0. The van der Waals surface area contributed by atoms with Gasteiger partial charge in [0.25, 0.3) is 5.91 Å². The first-order valence-corrected chi connectivity index (χ1v) is 11.3. The molecule has 2 aromatic rings. The van der Waals surface area contributed by atoms with Gasteiger partial charge in [-0.2, -0.15) is 0 Å². The number of esters is 2. The molecule has 33 heavy (non-hydrogen) atoms. The second-order valence-corrected chi connectivity index (χ2v) is 8.11. The quantitative estimate of drug-likeness (QED) is 0.229. The predicted octanol–water partition coefficient (Wildman–Crippen LogP) is 1.19. The Kier molecular flexibility index (Phi) is 9.56. The standard InChI is InChI=1S/C25H31N3O5/c29-22(13-15-26-17-23(30)33-25(32)20-12-7-14-27-20)21(16-18-8-3-1-4-9-18)28-24(31)19-10-5-2-6-11-19/h1-6,8-11,20-22,26-27,29H,7,12-17H2,(H,28,31)/t20-,21?,22?/m0/s1. The maximum Gasteiger partial charge on any atom is 0.330 e. The number of aliphatic hydroxyl groups is 1. The molecule has 0 aliphatic carbocycles. The number of hydrogen-bond acceptors (Lipinski definition) is 7. The third-order valence-corrected chi connectivity index (χ3v) is 5.56. The fourth-order valence-corrected chi connectivity index (χ4v) is 3.74. The van der Waals surface area contributed by atoms with Crippen LogP contribution in [0.5, 0.6) is 0 Å². The molecule has 0 saturated carbocycles. The highest BCUT2D eigenvalue weighted by molar-refractivity contribution is 5.94. The molecule has 8 nitrogen and oxygen atoms in total. The van der Waals surface area contributed by atoms with E-state index in [1.54, 1.807) is 24.3 Å². The molecule has 1 amide bonds. The van der Waals surface area contributed by atoms with Crippen molar-refractivity contribution in [1.82, 2.24) is 16.0 Å². The molecule has 1 aliphatic rings. The van der Waals surface area contributed by atoms with E-state index in [-0.39, 0.29) is 12.5 Å². The van der Waals surface area contributed by atoms with Crippen LogP contribution in [0.3, 0.4) is 0 Å².